The zero-order chi connectivity index (χ0) is 19.2. The summed E-state index contributed by atoms with van der Waals surface area (Å²) in [6.45, 7) is 8.92. The number of amides is 1. The standard InChI is InChI=1S/C20H23NO5/c1-10-6-14-17(18-16(10)11(2)8-25-18)12(3)13(19(24)26-14)7-15(23)21-20(4,5)9-22/h6,8,22H,7,9H2,1-5H3,(H,21,23). The highest BCUT2D eigenvalue weighted by atomic mass is 16.4. The number of furan rings is 1. The molecule has 0 unspecified atom stereocenters. The Balaban J connectivity index is 2.16. The van der Waals surface area contributed by atoms with Gasteiger partial charge in [0.05, 0.1) is 35.8 Å². The van der Waals surface area contributed by atoms with E-state index in [4.69, 9.17) is 8.83 Å². The van der Waals surface area contributed by atoms with E-state index in [9.17, 15) is 14.7 Å². The van der Waals surface area contributed by atoms with E-state index in [0.29, 0.717) is 27.7 Å². The molecule has 0 fully saturated rings. The predicted molar refractivity (Wildman–Crippen MR) is 99.5 cm³/mol. The lowest BCUT2D eigenvalue weighted by Crippen LogP contribution is -2.47. The Kier molecular flexibility index (Phi) is 4.40. The number of rotatable bonds is 4. The van der Waals surface area contributed by atoms with Crippen molar-refractivity contribution in [3.63, 3.8) is 0 Å². The number of hydrogen-bond donors (Lipinski definition) is 2. The molecule has 0 aliphatic heterocycles. The van der Waals surface area contributed by atoms with Crippen LogP contribution in [-0.2, 0) is 11.2 Å². The largest absolute Gasteiger partial charge is 0.463 e. The molecule has 2 heterocycles. The molecule has 3 aromatic rings. The first-order valence-corrected chi connectivity index (χ1v) is 8.50. The number of aliphatic hydroxyl groups excluding tert-OH is 1. The van der Waals surface area contributed by atoms with Crippen LogP contribution in [-0.4, -0.2) is 23.2 Å². The van der Waals surface area contributed by atoms with Gasteiger partial charge in [-0.2, -0.15) is 0 Å². The van der Waals surface area contributed by atoms with Gasteiger partial charge in [-0.15, -0.1) is 0 Å². The Morgan fingerprint density at radius 3 is 2.54 bits per heavy atom. The van der Waals surface area contributed by atoms with E-state index in [2.05, 4.69) is 5.32 Å². The molecule has 6 heteroatoms. The van der Waals surface area contributed by atoms with Crippen molar-refractivity contribution in [1.82, 2.24) is 5.32 Å². The van der Waals surface area contributed by atoms with Crippen molar-refractivity contribution < 1.29 is 18.7 Å². The van der Waals surface area contributed by atoms with E-state index in [1.807, 2.05) is 19.9 Å². The van der Waals surface area contributed by atoms with Crippen molar-refractivity contribution in [2.24, 2.45) is 0 Å². The van der Waals surface area contributed by atoms with Crippen molar-refractivity contribution >= 4 is 27.8 Å². The van der Waals surface area contributed by atoms with Crippen LogP contribution >= 0.6 is 0 Å². The van der Waals surface area contributed by atoms with E-state index in [1.165, 1.54) is 0 Å². The molecule has 0 bridgehead atoms. The van der Waals surface area contributed by atoms with Gasteiger partial charge in [0, 0.05) is 5.39 Å². The molecule has 6 nitrogen and oxygen atoms in total. The number of fused-ring (bicyclic) bond motifs is 3. The summed E-state index contributed by atoms with van der Waals surface area (Å²) in [5.41, 5.74) is 2.77. The second-order valence-corrected chi connectivity index (χ2v) is 7.45. The van der Waals surface area contributed by atoms with Crippen molar-refractivity contribution in [2.75, 3.05) is 6.61 Å². The molecule has 0 saturated carbocycles. The summed E-state index contributed by atoms with van der Waals surface area (Å²) in [5, 5.41) is 13.7. The van der Waals surface area contributed by atoms with E-state index in [1.54, 1.807) is 27.0 Å². The first-order chi connectivity index (χ1) is 12.1. The molecule has 0 aliphatic rings. The highest BCUT2D eigenvalue weighted by molar-refractivity contribution is 6.07. The average molecular weight is 357 g/mol. The molecule has 0 saturated heterocycles. The first-order valence-electron chi connectivity index (χ1n) is 8.50. The molecule has 2 N–H and O–H groups in total. The fraction of sp³-hybridized carbons (Fsp3) is 0.400. The lowest BCUT2D eigenvalue weighted by molar-refractivity contribution is -0.122. The van der Waals surface area contributed by atoms with Crippen molar-refractivity contribution in [3.05, 3.63) is 45.0 Å². The number of hydrogen-bond acceptors (Lipinski definition) is 5. The first kappa shape index (κ1) is 18.2. The second-order valence-electron chi connectivity index (χ2n) is 7.45. The minimum absolute atomic E-state index is 0.122. The Morgan fingerprint density at radius 2 is 1.88 bits per heavy atom. The second kappa shape index (κ2) is 6.29. The molecular formula is C20H23NO5. The molecule has 0 spiro atoms. The fourth-order valence-electron chi connectivity index (χ4n) is 3.30. The minimum atomic E-state index is -0.759. The summed E-state index contributed by atoms with van der Waals surface area (Å²) in [6, 6.07) is 1.83. The van der Waals surface area contributed by atoms with Gasteiger partial charge in [-0.3, -0.25) is 4.79 Å². The number of benzene rings is 1. The highest BCUT2D eigenvalue weighted by Crippen LogP contribution is 2.34. The van der Waals surface area contributed by atoms with Crippen molar-refractivity contribution in [3.8, 4) is 0 Å². The Morgan fingerprint density at radius 1 is 1.19 bits per heavy atom. The Labute approximate surface area is 150 Å². The number of carbonyl (C=O) groups is 1. The van der Waals surface area contributed by atoms with Crippen LogP contribution in [0.15, 0.2) is 26.0 Å². The summed E-state index contributed by atoms with van der Waals surface area (Å²) in [6.07, 6.45) is 1.56. The molecule has 1 aromatic carbocycles. The Hall–Kier alpha value is -2.60. The van der Waals surface area contributed by atoms with Gasteiger partial charge in [-0.1, -0.05) is 0 Å². The third-order valence-electron chi connectivity index (χ3n) is 4.68. The number of aliphatic hydroxyl groups is 1. The average Bonchev–Trinajstić information content (AvgIpc) is 2.93. The van der Waals surface area contributed by atoms with Crippen molar-refractivity contribution in [2.45, 2.75) is 46.6 Å². The van der Waals surface area contributed by atoms with E-state index in [0.717, 1.165) is 16.5 Å². The summed E-state index contributed by atoms with van der Waals surface area (Å²) in [5.74, 6) is -0.349. The zero-order valence-electron chi connectivity index (χ0n) is 15.6. The van der Waals surface area contributed by atoms with Crippen LogP contribution in [0.4, 0.5) is 0 Å². The summed E-state index contributed by atoms with van der Waals surface area (Å²) >= 11 is 0. The van der Waals surface area contributed by atoms with E-state index in [-0.39, 0.29) is 18.9 Å². The molecule has 26 heavy (non-hydrogen) atoms. The monoisotopic (exact) mass is 357 g/mol. The summed E-state index contributed by atoms with van der Waals surface area (Å²) in [4.78, 5) is 24.8. The van der Waals surface area contributed by atoms with Gasteiger partial charge in [-0.05, 0) is 57.4 Å². The third-order valence-corrected chi connectivity index (χ3v) is 4.68. The third kappa shape index (κ3) is 3.01. The zero-order valence-corrected chi connectivity index (χ0v) is 15.6. The molecule has 2 aromatic heterocycles. The molecule has 0 aliphatic carbocycles. The minimum Gasteiger partial charge on any atom is -0.463 e. The van der Waals surface area contributed by atoms with E-state index >= 15 is 0 Å². The maximum absolute atomic E-state index is 12.5. The molecule has 1 amide bonds. The summed E-state index contributed by atoms with van der Waals surface area (Å²) in [7, 11) is 0. The normalized spacial score (nSPS) is 12.1. The maximum Gasteiger partial charge on any atom is 0.340 e. The summed E-state index contributed by atoms with van der Waals surface area (Å²) < 4.78 is 11.2. The van der Waals surface area contributed by atoms with Crippen LogP contribution in [0.2, 0.25) is 0 Å². The van der Waals surface area contributed by atoms with Gasteiger partial charge in [0.25, 0.3) is 0 Å². The fourth-order valence-corrected chi connectivity index (χ4v) is 3.30. The van der Waals surface area contributed by atoms with Crippen molar-refractivity contribution in [1.29, 1.82) is 0 Å². The van der Waals surface area contributed by atoms with Gasteiger partial charge >= 0.3 is 5.63 Å². The van der Waals surface area contributed by atoms with E-state index < -0.39 is 11.2 Å². The van der Waals surface area contributed by atoms with Gasteiger partial charge < -0.3 is 19.3 Å². The highest BCUT2D eigenvalue weighted by Gasteiger charge is 2.23. The molecular weight excluding hydrogens is 334 g/mol. The maximum atomic E-state index is 12.5. The van der Waals surface area contributed by atoms with Gasteiger partial charge in [0.2, 0.25) is 5.91 Å². The SMILES string of the molecule is Cc1coc2c1c(C)cc1oc(=O)c(CC(=O)NC(C)(C)CO)c(C)c12. The number of aryl methyl sites for hydroxylation is 3. The molecule has 0 atom stereocenters. The topological polar surface area (TPSA) is 92.7 Å². The molecule has 138 valence electrons. The Bertz CT molecular complexity index is 1070. The van der Waals surface area contributed by atoms with Crippen LogP contribution in [0.1, 0.15) is 36.1 Å². The smallest absolute Gasteiger partial charge is 0.340 e. The lowest BCUT2D eigenvalue weighted by Gasteiger charge is -2.23. The quantitative estimate of drug-likeness (QED) is 0.701. The van der Waals surface area contributed by atoms with Crippen LogP contribution in [0.25, 0.3) is 21.9 Å². The van der Waals surface area contributed by atoms with Crippen LogP contribution in [0.3, 0.4) is 0 Å². The van der Waals surface area contributed by atoms with Gasteiger partial charge in [-0.25, -0.2) is 4.79 Å². The predicted octanol–water partition coefficient (Wildman–Crippen LogP) is 2.89. The van der Waals surface area contributed by atoms with Crippen LogP contribution < -0.4 is 10.9 Å². The van der Waals surface area contributed by atoms with Crippen LogP contribution in [0, 0.1) is 20.8 Å². The van der Waals surface area contributed by atoms with Crippen LogP contribution in [0.5, 0.6) is 0 Å². The lowest BCUT2D eigenvalue weighted by atomic mass is 9.98. The van der Waals surface area contributed by atoms with Gasteiger partial charge in [0.1, 0.15) is 11.2 Å². The van der Waals surface area contributed by atoms with Gasteiger partial charge in [0.15, 0.2) is 0 Å². The molecule has 3 rings (SSSR count). The number of carbonyl (C=O) groups excluding carboxylic acids is 1. The molecule has 0 radical (unpaired) electrons. The number of nitrogens with one attached hydrogen (secondary N) is 1.